The van der Waals surface area contributed by atoms with E-state index in [0.717, 1.165) is 38.8 Å². The van der Waals surface area contributed by atoms with E-state index in [0.29, 0.717) is 12.2 Å². The summed E-state index contributed by atoms with van der Waals surface area (Å²) in [5.74, 6) is 0.353. The van der Waals surface area contributed by atoms with Crippen LogP contribution >= 0.6 is 0 Å². The lowest BCUT2D eigenvalue weighted by molar-refractivity contribution is -0.121. The minimum Gasteiger partial charge on any atom is -0.330 e. The summed E-state index contributed by atoms with van der Waals surface area (Å²) in [6.45, 7) is 5.67. The van der Waals surface area contributed by atoms with Crippen molar-refractivity contribution in [2.45, 2.75) is 52.0 Å². The fourth-order valence-corrected chi connectivity index (χ4v) is 1.54. The fraction of sp³-hybridized carbons (Fsp3) is 0.909. The molecule has 0 aliphatic carbocycles. The molecule has 0 radical (unpaired) electrons. The van der Waals surface area contributed by atoms with Crippen molar-refractivity contribution >= 4 is 5.78 Å². The molecule has 0 rings (SSSR count). The van der Waals surface area contributed by atoms with Crippen LogP contribution < -0.4 is 11.1 Å². The maximum Gasteiger partial charge on any atom is 0.149 e. The topological polar surface area (TPSA) is 55.1 Å². The first-order valence-electron chi connectivity index (χ1n) is 5.72. The minimum absolute atomic E-state index is 0.0616. The third kappa shape index (κ3) is 6.11. The van der Waals surface area contributed by atoms with E-state index in [-0.39, 0.29) is 6.04 Å². The molecule has 0 fully saturated rings. The molecule has 0 aromatic rings. The second-order valence-electron chi connectivity index (χ2n) is 3.61. The second kappa shape index (κ2) is 9.16. The summed E-state index contributed by atoms with van der Waals surface area (Å²) in [4.78, 5) is 11.6. The quantitative estimate of drug-likeness (QED) is 0.554. The highest BCUT2D eigenvalue weighted by Gasteiger charge is 2.14. The molecule has 0 bridgehead atoms. The van der Waals surface area contributed by atoms with E-state index in [2.05, 4.69) is 5.32 Å². The maximum absolute atomic E-state index is 11.6. The first kappa shape index (κ1) is 13.6. The molecule has 0 saturated carbocycles. The van der Waals surface area contributed by atoms with Gasteiger partial charge in [-0.1, -0.05) is 20.3 Å². The summed E-state index contributed by atoms with van der Waals surface area (Å²) in [6, 6.07) is 0.0616. The van der Waals surface area contributed by atoms with Crippen molar-refractivity contribution in [3.63, 3.8) is 0 Å². The second-order valence-corrected chi connectivity index (χ2v) is 3.61. The van der Waals surface area contributed by atoms with Crippen LogP contribution in [0.2, 0.25) is 0 Å². The van der Waals surface area contributed by atoms with Crippen LogP contribution in [-0.4, -0.2) is 24.9 Å². The predicted molar refractivity (Wildman–Crippen MR) is 60.3 cm³/mol. The summed E-state index contributed by atoms with van der Waals surface area (Å²) in [7, 11) is 0. The highest BCUT2D eigenvalue weighted by Crippen LogP contribution is 2.05. The summed E-state index contributed by atoms with van der Waals surface area (Å²) in [5.41, 5.74) is 5.42. The lowest BCUT2D eigenvalue weighted by Crippen LogP contribution is -2.36. The Morgan fingerprint density at radius 2 is 2.07 bits per heavy atom. The van der Waals surface area contributed by atoms with Crippen LogP contribution in [0.4, 0.5) is 0 Å². The third-order valence-electron chi connectivity index (χ3n) is 2.28. The molecule has 3 heteroatoms. The van der Waals surface area contributed by atoms with Crippen molar-refractivity contribution in [2.75, 3.05) is 13.1 Å². The molecule has 0 heterocycles. The SMILES string of the molecule is CCCC(=O)[C@H](CCCCN)NCC. The standard InChI is InChI=1S/C11H24N2O/c1-3-7-11(14)10(13-4-2)8-5-6-9-12/h10,13H,3-9,12H2,1-2H3/t10-/m0/s1. The first-order valence-corrected chi connectivity index (χ1v) is 5.72. The number of rotatable bonds is 9. The average Bonchev–Trinajstić information content (AvgIpc) is 2.17. The predicted octanol–water partition coefficient (Wildman–Crippen LogP) is 1.46. The monoisotopic (exact) mass is 200 g/mol. The van der Waals surface area contributed by atoms with Crippen LogP contribution in [0.5, 0.6) is 0 Å². The van der Waals surface area contributed by atoms with Crippen molar-refractivity contribution < 1.29 is 4.79 Å². The molecule has 3 nitrogen and oxygen atoms in total. The number of likely N-dealkylation sites (N-methyl/N-ethyl adjacent to an activating group) is 1. The molecule has 14 heavy (non-hydrogen) atoms. The average molecular weight is 200 g/mol. The summed E-state index contributed by atoms with van der Waals surface area (Å²) in [6.07, 6.45) is 4.63. The van der Waals surface area contributed by atoms with Gasteiger partial charge in [0.2, 0.25) is 0 Å². The number of nitrogens with one attached hydrogen (secondary N) is 1. The highest BCUT2D eigenvalue weighted by molar-refractivity contribution is 5.83. The van der Waals surface area contributed by atoms with Crippen LogP contribution in [0, 0.1) is 0 Å². The lowest BCUT2D eigenvalue weighted by atomic mass is 10.0. The van der Waals surface area contributed by atoms with Crippen molar-refractivity contribution in [1.82, 2.24) is 5.32 Å². The number of carbonyl (C=O) groups excluding carboxylic acids is 1. The van der Waals surface area contributed by atoms with Gasteiger partial charge in [0.05, 0.1) is 6.04 Å². The van der Waals surface area contributed by atoms with E-state index in [1.165, 1.54) is 0 Å². The van der Waals surface area contributed by atoms with Gasteiger partial charge >= 0.3 is 0 Å². The summed E-state index contributed by atoms with van der Waals surface area (Å²) < 4.78 is 0. The van der Waals surface area contributed by atoms with Crippen molar-refractivity contribution in [2.24, 2.45) is 5.73 Å². The van der Waals surface area contributed by atoms with Gasteiger partial charge in [-0.25, -0.2) is 0 Å². The molecular formula is C11H24N2O. The summed E-state index contributed by atoms with van der Waals surface area (Å²) >= 11 is 0. The Balaban J connectivity index is 3.81. The Kier molecular flexibility index (Phi) is 8.89. The van der Waals surface area contributed by atoms with Gasteiger partial charge in [-0.05, 0) is 32.4 Å². The number of Topliss-reactive ketones (excluding diaryl/α,β-unsaturated/α-hetero) is 1. The van der Waals surface area contributed by atoms with Gasteiger partial charge in [-0.15, -0.1) is 0 Å². The van der Waals surface area contributed by atoms with Crippen molar-refractivity contribution in [1.29, 1.82) is 0 Å². The van der Waals surface area contributed by atoms with E-state index >= 15 is 0 Å². The first-order chi connectivity index (χ1) is 6.76. The van der Waals surface area contributed by atoms with Gasteiger partial charge in [-0.3, -0.25) is 4.79 Å². The number of hydrogen-bond acceptors (Lipinski definition) is 3. The van der Waals surface area contributed by atoms with Gasteiger partial charge < -0.3 is 11.1 Å². The maximum atomic E-state index is 11.6. The highest BCUT2D eigenvalue weighted by atomic mass is 16.1. The zero-order valence-electron chi connectivity index (χ0n) is 9.51. The molecule has 0 unspecified atom stereocenters. The van der Waals surface area contributed by atoms with Gasteiger partial charge in [0.25, 0.3) is 0 Å². The molecule has 0 aromatic carbocycles. The zero-order chi connectivity index (χ0) is 10.8. The molecule has 0 aliphatic heterocycles. The Hall–Kier alpha value is -0.410. The molecule has 84 valence electrons. The van der Waals surface area contributed by atoms with Crippen LogP contribution in [0.25, 0.3) is 0 Å². The third-order valence-corrected chi connectivity index (χ3v) is 2.28. The molecule has 3 N–H and O–H groups in total. The lowest BCUT2D eigenvalue weighted by Gasteiger charge is -2.15. The van der Waals surface area contributed by atoms with Crippen LogP contribution in [0.15, 0.2) is 0 Å². The van der Waals surface area contributed by atoms with Crippen molar-refractivity contribution in [3.8, 4) is 0 Å². The van der Waals surface area contributed by atoms with Gasteiger partial charge in [0, 0.05) is 6.42 Å². The number of carbonyl (C=O) groups is 1. The van der Waals surface area contributed by atoms with Crippen LogP contribution in [-0.2, 0) is 4.79 Å². The normalized spacial score (nSPS) is 12.8. The number of unbranched alkanes of at least 4 members (excludes halogenated alkanes) is 1. The number of hydrogen-bond donors (Lipinski definition) is 2. The van der Waals surface area contributed by atoms with E-state index in [4.69, 9.17) is 5.73 Å². The fourth-order valence-electron chi connectivity index (χ4n) is 1.54. The summed E-state index contributed by atoms with van der Waals surface area (Å²) in [5, 5.41) is 3.24. The molecule has 0 spiro atoms. The zero-order valence-corrected chi connectivity index (χ0v) is 9.51. The van der Waals surface area contributed by atoms with Gasteiger partial charge in [-0.2, -0.15) is 0 Å². The van der Waals surface area contributed by atoms with Gasteiger partial charge in [0.15, 0.2) is 0 Å². The number of ketones is 1. The largest absolute Gasteiger partial charge is 0.330 e. The van der Waals surface area contributed by atoms with Crippen molar-refractivity contribution in [3.05, 3.63) is 0 Å². The molecule has 0 saturated heterocycles. The smallest absolute Gasteiger partial charge is 0.149 e. The van der Waals surface area contributed by atoms with Crippen LogP contribution in [0.1, 0.15) is 46.0 Å². The minimum atomic E-state index is 0.0616. The van der Waals surface area contributed by atoms with E-state index in [1.54, 1.807) is 0 Å². The Labute approximate surface area is 87.4 Å². The van der Waals surface area contributed by atoms with E-state index in [1.807, 2.05) is 13.8 Å². The Morgan fingerprint density at radius 1 is 1.36 bits per heavy atom. The van der Waals surface area contributed by atoms with Gasteiger partial charge in [0.1, 0.15) is 5.78 Å². The van der Waals surface area contributed by atoms with E-state index in [9.17, 15) is 4.79 Å². The Bertz CT molecular complexity index is 148. The molecular weight excluding hydrogens is 176 g/mol. The van der Waals surface area contributed by atoms with Crippen LogP contribution in [0.3, 0.4) is 0 Å². The molecule has 0 aromatic heterocycles. The molecule has 1 atom stereocenters. The Morgan fingerprint density at radius 3 is 2.57 bits per heavy atom. The van der Waals surface area contributed by atoms with E-state index < -0.39 is 0 Å². The number of nitrogens with two attached hydrogens (primary N) is 1. The molecule has 0 aliphatic rings. The molecule has 0 amide bonds.